The molecule has 1 amide bonds. The number of nitrogens with one attached hydrogen (secondary N) is 1. The van der Waals surface area contributed by atoms with E-state index < -0.39 is 12.0 Å². The third-order valence-electron chi connectivity index (χ3n) is 2.47. The molecule has 1 aromatic rings. The molecule has 1 atom stereocenters. The molecule has 6 heteroatoms. The molecule has 1 heterocycles. The zero-order chi connectivity index (χ0) is 13.7. The second-order valence-electron chi connectivity index (χ2n) is 3.92. The van der Waals surface area contributed by atoms with Crippen LogP contribution < -0.4 is 5.32 Å². The quantitative estimate of drug-likeness (QED) is 0.794. The minimum absolute atomic E-state index is 0.345. The van der Waals surface area contributed by atoms with E-state index in [4.69, 9.17) is 0 Å². The van der Waals surface area contributed by atoms with Crippen LogP contribution in [0.1, 0.15) is 35.6 Å². The summed E-state index contributed by atoms with van der Waals surface area (Å²) in [5.41, 5.74) is 1.71. The minimum atomic E-state index is -0.694. The predicted molar refractivity (Wildman–Crippen MR) is 65.1 cm³/mol. The fourth-order valence-corrected chi connectivity index (χ4v) is 1.48. The van der Waals surface area contributed by atoms with Crippen LogP contribution in [0.2, 0.25) is 0 Å². The SMILES string of the molecule is CCc1nnc(C)cc1C(=O)NC(C)C(=O)OC. The molecule has 0 saturated heterocycles. The maximum Gasteiger partial charge on any atom is 0.328 e. The number of ether oxygens (including phenoxy) is 1. The van der Waals surface area contributed by atoms with Gasteiger partial charge in [0.1, 0.15) is 6.04 Å². The van der Waals surface area contributed by atoms with Crippen molar-refractivity contribution in [2.45, 2.75) is 33.2 Å². The summed E-state index contributed by atoms with van der Waals surface area (Å²) in [5.74, 6) is -0.831. The van der Waals surface area contributed by atoms with Gasteiger partial charge in [0.25, 0.3) is 5.91 Å². The van der Waals surface area contributed by atoms with Crippen LogP contribution in [-0.4, -0.2) is 35.2 Å². The van der Waals surface area contributed by atoms with Gasteiger partial charge in [0, 0.05) is 0 Å². The van der Waals surface area contributed by atoms with Crippen molar-refractivity contribution in [2.75, 3.05) is 7.11 Å². The minimum Gasteiger partial charge on any atom is -0.467 e. The number of aromatic nitrogens is 2. The molecular formula is C12H17N3O3. The molecule has 0 aliphatic heterocycles. The van der Waals surface area contributed by atoms with E-state index >= 15 is 0 Å². The lowest BCUT2D eigenvalue weighted by atomic mass is 10.1. The summed E-state index contributed by atoms with van der Waals surface area (Å²) >= 11 is 0. The molecular weight excluding hydrogens is 234 g/mol. The molecule has 0 spiro atoms. The van der Waals surface area contributed by atoms with E-state index in [0.717, 1.165) is 0 Å². The van der Waals surface area contributed by atoms with Crippen LogP contribution in [-0.2, 0) is 16.0 Å². The van der Waals surface area contributed by atoms with Crippen molar-refractivity contribution < 1.29 is 14.3 Å². The van der Waals surface area contributed by atoms with Gasteiger partial charge in [-0.05, 0) is 26.3 Å². The molecule has 0 aliphatic carbocycles. The first kappa shape index (κ1) is 14.1. The summed E-state index contributed by atoms with van der Waals surface area (Å²) in [7, 11) is 1.28. The highest BCUT2D eigenvalue weighted by Gasteiger charge is 2.19. The molecule has 1 N–H and O–H groups in total. The third kappa shape index (κ3) is 3.26. The Morgan fingerprint density at radius 1 is 1.44 bits per heavy atom. The summed E-state index contributed by atoms with van der Waals surface area (Å²) in [6.45, 7) is 5.21. The van der Waals surface area contributed by atoms with E-state index in [9.17, 15) is 9.59 Å². The molecule has 0 bridgehead atoms. The average Bonchev–Trinajstić information content (AvgIpc) is 2.37. The average molecular weight is 251 g/mol. The van der Waals surface area contributed by atoms with Gasteiger partial charge in [0.2, 0.25) is 0 Å². The lowest BCUT2D eigenvalue weighted by molar-refractivity contribution is -0.142. The number of rotatable bonds is 4. The van der Waals surface area contributed by atoms with Crippen LogP contribution in [0.4, 0.5) is 0 Å². The zero-order valence-corrected chi connectivity index (χ0v) is 11.0. The number of carbonyl (C=O) groups is 2. The Kier molecular flexibility index (Phi) is 4.76. The fraction of sp³-hybridized carbons (Fsp3) is 0.500. The molecule has 0 aliphatic rings. The molecule has 1 unspecified atom stereocenters. The highest BCUT2D eigenvalue weighted by atomic mass is 16.5. The van der Waals surface area contributed by atoms with Crippen molar-refractivity contribution in [3.05, 3.63) is 23.0 Å². The van der Waals surface area contributed by atoms with Crippen molar-refractivity contribution in [2.24, 2.45) is 0 Å². The summed E-state index contributed by atoms with van der Waals surface area (Å²) in [5, 5.41) is 10.4. The Morgan fingerprint density at radius 2 is 2.11 bits per heavy atom. The number of nitrogens with zero attached hydrogens (tertiary/aromatic N) is 2. The first-order chi connectivity index (χ1) is 8.49. The molecule has 0 radical (unpaired) electrons. The summed E-state index contributed by atoms with van der Waals surface area (Å²) in [4.78, 5) is 23.3. The van der Waals surface area contributed by atoms with Crippen LogP contribution >= 0.6 is 0 Å². The van der Waals surface area contributed by atoms with E-state index in [2.05, 4.69) is 20.3 Å². The molecule has 6 nitrogen and oxygen atoms in total. The Morgan fingerprint density at radius 3 is 2.67 bits per heavy atom. The van der Waals surface area contributed by atoms with Crippen molar-refractivity contribution in [1.82, 2.24) is 15.5 Å². The van der Waals surface area contributed by atoms with Gasteiger partial charge in [-0.2, -0.15) is 10.2 Å². The molecule has 1 rings (SSSR count). The second-order valence-corrected chi connectivity index (χ2v) is 3.92. The molecule has 0 aromatic carbocycles. The number of hydrogen-bond acceptors (Lipinski definition) is 5. The van der Waals surface area contributed by atoms with E-state index in [1.54, 1.807) is 19.9 Å². The maximum atomic E-state index is 12.0. The Bertz CT molecular complexity index is 460. The number of methoxy groups -OCH3 is 1. The van der Waals surface area contributed by atoms with E-state index in [0.29, 0.717) is 23.4 Å². The number of hydrogen-bond donors (Lipinski definition) is 1. The van der Waals surface area contributed by atoms with Crippen LogP contribution in [0.25, 0.3) is 0 Å². The van der Waals surface area contributed by atoms with Crippen molar-refractivity contribution in [1.29, 1.82) is 0 Å². The number of esters is 1. The van der Waals surface area contributed by atoms with E-state index in [1.165, 1.54) is 7.11 Å². The van der Waals surface area contributed by atoms with Gasteiger partial charge < -0.3 is 10.1 Å². The monoisotopic (exact) mass is 251 g/mol. The number of aryl methyl sites for hydroxylation is 2. The number of amides is 1. The van der Waals surface area contributed by atoms with E-state index in [1.807, 2.05) is 6.92 Å². The summed E-state index contributed by atoms with van der Waals surface area (Å²) in [6.07, 6.45) is 0.600. The largest absolute Gasteiger partial charge is 0.467 e. The summed E-state index contributed by atoms with van der Waals surface area (Å²) in [6, 6.07) is 0.964. The van der Waals surface area contributed by atoms with Gasteiger partial charge in [-0.1, -0.05) is 6.92 Å². The van der Waals surface area contributed by atoms with Crippen LogP contribution in [0.15, 0.2) is 6.07 Å². The van der Waals surface area contributed by atoms with Crippen LogP contribution in [0, 0.1) is 6.92 Å². The van der Waals surface area contributed by atoms with Gasteiger partial charge in [-0.3, -0.25) is 4.79 Å². The van der Waals surface area contributed by atoms with Crippen molar-refractivity contribution >= 4 is 11.9 Å². The normalized spacial score (nSPS) is 11.8. The molecule has 98 valence electrons. The van der Waals surface area contributed by atoms with Gasteiger partial charge in [-0.15, -0.1) is 0 Å². The molecule has 0 saturated carbocycles. The van der Waals surface area contributed by atoms with Gasteiger partial charge in [0.15, 0.2) is 0 Å². The first-order valence-corrected chi connectivity index (χ1v) is 5.71. The second kappa shape index (κ2) is 6.09. The Labute approximate surface area is 106 Å². The van der Waals surface area contributed by atoms with Gasteiger partial charge in [-0.25, -0.2) is 4.79 Å². The fourth-order valence-electron chi connectivity index (χ4n) is 1.48. The standard InChI is InChI=1S/C12H17N3O3/c1-5-10-9(6-7(2)14-15-10)11(16)13-8(3)12(17)18-4/h6,8H,5H2,1-4H3,(H,13,16). The Balaban J connectivity index is 2.90. The smallest absolute Gasteiger partial charge is 0.328 e. The first-order valence-electron chi connectivity index (χ1n) is 5.71. The molecule has 18 heavy (non-hydrogen) atoms. The zero-order valence-electron chi connectivity index (χ0n) is 11.0. The molecule has 1 aromatic heterocycles. The number of carbonyl (C=O) groups excluding carboxylic acids is 2. The van der Waals surface area contributed by atoms with Gasteiger partial charge in [0.05, 0.1) is 24.1 Å². The van der Waals surface area contributed by atoms with E-state index in [-0.39, 0.29) is 5.91 Å². The lowest BCUT2D eigenvalue weighted by Crippen LogP contribution is -2.39. The Hall–Kier alpha value is -1.98. The molecule has 0 fully saturated rings. The van der Waals surface area contributed by atoms with Crippen molar-refractivity contribution in [3.63, 3.8) is 0 Å². The lowest BCUT2D eigenvalue weighted by Gasteiger charge is -2.13. The van der Waals surface area contributed by atoms with Crippen LogP contribution in [0.3, 0.4) is 0 Å². The topological polar surface area (TPSA) is 81.2 Å². The van der Waals surface area contributed by atoms with Gasteiger partial charge >= 0.3 is 5.97 Å². The van der Waals surface area contributed by atoms with Crippen molar-refractivity contribution in [3.8, 4) is 0 Å². The highest BCUT2D eigenvalue weighted by molar-refractivity contribution is 5.97. The maximum absolute atomic E-state index is 12.0. The third-order valence-corrected chi connectivity index (χ3v) is 2.47. The highest BCUT2D eigenvalue weighted by Crippen LogP contribution is 2.07. The summed E-state index contributed by atoms with van der Waals surface area (Å²) < 4.78 is 4.55. The van der Waals surface area contributed by atoms with Crippen LogP contribution in [0.5, 0.6) is 0 Å². The predicted octanol–water partition coefficient (Wildman–Crippen LogP) is 0.639.